The van der Waals surface area contributed by atoms with Gasteiger partial charge in [0.2, 0.25) is 0 Å². The summed E-state index contributed by atoms with van der Waals surface area (Å²) in [5, 5.41) is 9.96. The molecule has 2 aliphatic carbocycles. The fourth-order valence-corrected chi connectivity index (χ4v) is 4.61. The second kappa shape index (κ2) is 3.62. The van der Waals surface area contributed by atoms with Gasteiger partial charge in [-0.3, -0.25) is 0 Å². The summed E-state index contributed by atoms with van der Waals surface area (Å²) in [6.07, 6.45) is 5.43. The van der Waals surface area contributed by atoms with Crippen LogP contribution in [-0.2, 0) is 0 Å². The first-order valence-electron chi connectivity index (χ1n) is 6.27. The van der Waals surface area contributed by atoms with Crippen LogP contribution in [0.5, 0.6) is 0 Å². The number of rotatable bonds is 3. The highest BCUT2D eigenvalue weighted by Gasteiger charge is 2.57. The monoisotopic (exact) mass is 208 g/mol. The van der Waals surface area contributed by atoms with Gasteiger partial charge in [0, 0.05) is 0 Å². The van der Waals surface area contributed by atoms with E-state index in [0.717, 1.165) is 30.6 Å². The third kappa shape index (κ3) is 1.56. The number of hydrogen-bond donors (Lipinski definition) is 1. The Morgan fingerprint density at radius 2 is 2.13 bits per heavy atom. The van der Waals surface area contributed by atoms with Crippen molar-refractivity contribution in [3.8, 4) is 0 Å². The molecule has 1 N–H and O–H groups in total. The van der Waals surface area contributed by atoms with E-state index in [1.165, 1.54) is 6.42 Å². The van der Waals surface area contributed by atoms with Crippen molar-refractivity contribution in [2.75, 3.05) is 0 Å². The summed E-state index contributed by atoms with van der Waals surface area (Å²) in [6.45, 7) is 10.9. The lowest BCUT2D eigenvalue weighted by Crippen LogP contribution is -2.40. The maximum Gasteiger partial charge on any atom is 0.0576 e. The Morgan fingerprint density at radius 3 is 2.60 bits per heavy atom. The Kier molecular flexibility index (Phi) is 2.70. The van der Waals surface area contributed by atoms with Crippen LogP contribution in [-0.4, -0.2) is 11.2 Å². The SMILES string of the molecule is C=CCC(C)C1C2CC(O)C(C2)C1(C)C. The molecule has 5 unspecified atom stereocenters. The molecule has 0 heterocycles. The summed E-state index contributed by atoms with van der Waals surface area (Å²) < 4.78 is 0. The Hall–Kier alpha value is -0.300. The minimum absolute atomic E-state index is 0.0304. The van der Waals surface area contributed by atoms with Gasteiger partial charge in [-0.05, 0) is 48.3 Å². The van der Waals surface area contributed by atoms with Crippen LogP contribution in [0.15, 0.2) is 12.7 Å². The van der Waals surface area contributed by atoms with Crippen molar-refractivity contribution in [2.45, 2.75) is 46.1 Å². The zero-order chi connectivity index (χ0) is 11.2. The van der Waals surface area contributed by atoms with Gasteiger partial charge in [0.15, 0.2) is 0 Å². The van der Waals surface area contributed by atoms with Crippen LogP contribution in [0, 0.1) is 29.1 Å². The molecule has 0 aromatic heterocycles. The van der Waals surface area contributed by atoms with Crippen LogP contribution in [0.4, 0.5) is 0 Å². The molecule has 1 heteroatoms. The summed E-state index contributed by atoms with van der Waals surface area (Å²) in [5.41, 5.74) is 0.324. The van der Waals surface area contributed by atoms with Crippen molar-refractivity contribution in [3.05, 3.63) is 12.7 Å². The lowest BCUT2D eigenvalue weighted by molar-refractivity contribution is -0.0134. The van der Waals surface area contributed by atoms with Gasteiger partial charge >= 0.3 is 0 Å². The molecule has 5 atom stereocenters. The van der Waals surface area contributed by atoms with Crippen LogP contribution < -0.4 is 0 Å². The van der Waals surface area contributed by atoms with E-state index in [0.29, 0.717) is 11.3 Å². The predicted octanol–water partition coefficient (Wildman–Crippen LogP) is 3.24. The first-order chi connectivity index (χ1) is 6.98. The molecule has 2 aliphatic rings. The molecule has 86 valence electrons. The van der Waals surface area contributed by atoms with Crippen molar-refractivity contribution >= 4 is 0 Å². The Labute approximate surface area is 93.6 Å². The van der Waals surface area contributed by atoms with Gasteiger partial charge in [-0.2, -0.15) is 0 Å². The average molecular weight is 208 g/mol. The zero-order valence-electron chi connectivity index (χ0n) is 10.2. The first kappa shape index (κ1) is 11.2. The molecule has 0 aromatic carbocycles. The second-order valence-electron chi connectivity index (χ2n) is 6.25. The van der Waals surface area contributed by atoms with Crippen LogP contribution in [0.25, 0.3) is 0 Å². The van der Waals surface area contributed by atoms with E-state index < -0.39 is 0 Å². The highest BCUT2D eigenvalue weighted by atomic mass is 16.3. The molecule has 2 saturated carbocycles. The minimum Gasteiger partial charge on any atom is -0.393 e. The number of aliphatic hydroxyl groups excluding tert-OH is 1. The number of aliphatic hydroxyl groups is 1. The maximum atomic E-state index is 9.96. The van der Waals surface area contributed by atoms with Crippen molar-refractivity contribution in [1.82, 2.24) is 0 Å². The Bertz CT molecular complexity index is 256. The van der Waals surface area contributed by atoms with E-state index in [9.17, 15) is 5.11 Å². The molecule has 2 bridgehead atoms. The molecule has 2 rings (SSSR count). The van der Waals surface area contributed by atoms with Crippen molar-refractivity contribution in [2.24, 2.45) is 29.1 Å². The minimum atomic E-state index is -0.0304. The van der Waals surface area contributed by atoms with Crippen molar-refractivity contribution in [3.63, 3.8) is 0 Å². The molecule has 15 heavy (non-hydrogen) atoms. The summed E-state index contributed by atoms with van der Waals surface area (Å²) in [4.78, 5) is 0. The second-order valence-corrected chi connectivity index (χ2v) is 6.25. The molecule has 2 fully saturated rings. The average Bonchev–Trinajstić information content (AvgIpc) is 2.57. The van der Waals surface area contributed by atoms with Gasteiger partial charge in [-0.25, -0.2) is 0 Å². The van der Waals surface area contributed by atoms with E-state index in [4.69, 9.17) is 0 Å². The summed E-state index contributed by atoms with van der Waals surface area (Å²) >= 11 is 0. The zero-order valence-corrected chi connectivity index (χ0v) is 10.2. The standard InChI is InChI=1S/C14H24O/c1-5-6-9(2)13-10-7-11(12(15)8-10)14(13,3)4/h5,9-13,15H,1,6-8H2,2-4H3. The van der Waals surface area contributed by atoms with Crippen LogP contribution in [0.3, 0.4) is 0 Å². The van der Waals surface area contributed by atoms with Crippen molar-refractivity contribution < 1.29 is 5.11 Å². The molecule has 0 radical (unpaired) electrons. The van der Waals surface area contributed by atoms with Gasteiger partial charge in [0.05, 0.1) is 6.10 Å². The molecular formula is C14H24O. The van der Waals surface area contributed by atoms with Crippen LogP contribution in [0.2, 0.25) is 0 Å². The lowest BCUT2D eigenvalue weighted by Gasteiger charge is -2.43. The van der Waals surface area contributed by atoms with Crippen LogP contribution in [0.1, 0.15) is 40.0 Å². The largest absolute Gasteiger partial charge is 0.393 e. The van der Waals surface area contributed by atoms with Crippen LogP contribution >= 0.6 is 0 Å². The number of allylic oxidation sites excluding steroid dienone is 1. The lowest BCUT2D eigenvalue weighted by atomic mass is 9.63. The number of hydrogen-bond acceptors (Lipinski definition) is 1. The van der Waals surface area contributed by atoms with Gasteiger partial charge in [0.25, 0.3) is 0 Å². The molecule has 1 nitrogen and oxygen atoms in total. The van der Waals surface area contributed by atoms with E-state index in [2.05, 4.69) is 27.4 Å². The molecule has 0 saturated heterocycles. The first-order valence-corrected chi connectivity index (χ1v) is 6.27. The topological polar surface area (TPSA) is 20.2 Å². The molecule has 0 aliphatic heterocycles. The number of fused-ring (bicyclic) bond motifs is 2. The molecular weight excluding hydrogens is 184 g/mol. The third-order valence-electron chi connectivity index (χ3n) is 5.04. The van der Waals surface area contributed by atoms with E-state index in [1.54, 1.807) is 0 Å². The fourth-order valence-electron chi connectivity index (χ4n) is 4.61. The van der Waals surface area contributed by atoms with E-state index >= 15 is 0 Å². The molecule has 0 spiro atoms. The van der Waals surface area contributed by atoms with Gasteiger partial charge in [-0.15, -0.1) is 6.58 Å². The maximum absolute atomic E-state index is 9.96. The fraction of sp³-hybridized carbons (Fsp3) is 0.857. The molecule has 0 aromatic rings. The van der Waals surface area contributed by atoms with Gasteiger partial charge in [0.1, 0.15) is 0 Å². The van der Waals surface area contributed by atoms with E-state index in [-0.39, 0.29) is 6.10 Å². The quantitative estimate of drug-likeness (QED) is 0.706. The molecule has 0 amide bonds. The summed E-state index contributed by atoms with van der Waals surface area (Å²) in [5.74, 6) is 2.80. The Morgan fingerprint density at radius 1 is 1.47 bits per heavy atom. The third-order valence-corrected chi connectivity index (χ3v) is 5.04. The Balaban J connectivity index is 2.17. The highest BCUT2D eigenvalue weighted by molar-refractivity contribution is 5.07. The normalized spacial score (nSPS) is 44.3. The highest BCUT2D eigenvalue weighted by Crippen LogP contribution is 2.61. The summed E-state index contributed by atoms with van der Waals surface area (Å²) in [6, 6.07) is 0. The predicted molar refractivity (Wildman–Crippen MR) is 63.5 cm³/mol. The van der Waals surface area contributed by atoms with E-state index in [1.807, 2.05) is 6.08 Å². The van der Waals surface area contributed by atoms with Crippen molar-refractivity contribution in [1.29, 1.82) is 0 Å². The summed E-state index contributed by atoms with van der Waals surface area (Å²) in [7, 11) is 0. The smallest absolute Gasteiger partial charge is 0.0576 e. The van der Waals surface area contributed by atoms with Gasteiger partial charge < -0.3 is 5.11 Å². The van der Waals surface area contributed by atoms with Gasteiger partial charge in [-0.1, -0.05) is 26.8 Å².